The first-order valence-corrected chi connectivity index (χ1v) is 20.1. The number of methoxy groups -OCH3 is 1. The van der Waals surface area contributed by atoms with Crippen LogP contribution in [0.25, 0.3) is 33.1 Å². The highest BCUT2D eigenvalue weighted by molar-refractivity contribution is 6.01. The molecule has 0 bridgehead atoms. The van der Waals surface area contributed by atoms with Crippen molar-refractivity contribution in [2.75, 3.05) is 65.1 Å². The first-order chi connectivity index (χ1) is 26.8. The molecule has 13 nitrogen and oxygen atoms in total. The number of rotatable bonds is 8. The van der Waals surface area contributed by atoms with Crippen molar-refractivity contribution in [2.45, 2.75) is 97.9 Å². The van der Waals surface area contributed by atoms with E-state index in [0.29, 0.717) is 41.2 Å². The van der Waals surface area contributed by atoms with Crippen molar-refractivity contribution in [2.24, 2.45) is 11.3 Å². The average molecular weight is 765 g/mol. The molecule has 1 aromatic carbocycles. The quantitative estimate of drug-likeness (QED) is 0.137. The number of halogens is 1. The van der Waals surface area contributed by atoms with Gasteiger partial charge in [-0.3, -0.25) is 9.89 Å². The Morgan fingerprint density at radius 2 is 1.85 bits per heavy atom. The summed E-state index contributed by atoms with van der Waals surface area (Å²) in [5.41, 5.74) is 3.87. The van der Waals surface area contributed by atoms with E-state index in [9.17, 15) is 0 Å². The molecule has 4 aromatic rings. The molecule has 3 aliphatic heterocycles. The predicted octanol–water partition coefficient (Wildman–Crippen LogP) is 6.98. The van der Waals surface area contributed by atoms with Crippen LogP contribution in [0.4, 0.5) is 10.2 Å². The predicted molar refractivity (Wildman–Crippen MR) is 215 cm³/mol. The van der Waals surface area contributed by atoms with Crippen molar-refractivity contribution in [3.05, 3.63) is 29.2 Å². The largest absolute Gasteiger partial charge is 0.483 e. The second kappa shape index (κ2) is 20.1. The maximum absolute atomic E-state index is 17.0. The van der Waals surface area contributed by atoms with Gasteiger partial charge in [-0.1, -0.05) is 20.3 Å². The number of H-pyrrole nitrogens is 1. The number of hydrogen-bond acceptors (Lipinski definition) is 11. The van der Waals surface area contributed by atoms with Gasteiger partial charge in [0.2, 0.25) is 5.88 Å². The number of anilines is 1. The molecule has 8 rings (SSSR count). The van der Waals surface area contributed by atoms with Crippen molar-refractivity contribution in [1.29, 1.82) is 0 Å². The van der Waals surface area contributed by atoms with Crippen molar-refractivity contribution in [3.63, 3.8) is 0 Å². The molecule has 3 aromatic heterocycles. The Hall–Kier alpha value is -4.14. The molecule has 4 aliphatic rings. The Morgan fingerprint density at radius 3 is 2.55 bits per heavy atom. The van der Waals surface area contributed by atoms with E-state index in [1.165, 1.54) is 25.7 Å². The summed E-state index contributed by atoms with van der Waals surface area (Å²) in [7, 11) is 3.55. The second-order valence-corrected chi connectivity index (χ2v) is 14.8. The van der Waals surface area contributed by atoms with Gasteiger partial charge in [-0.2, -0.15) is 15.1 Å². The molecule has 0 radical (unpaired) electrons. The number of aromatic amines is 1. The van der Waals surface area contributed by atoms with Crippen LogP contribution in [0.3, 0.4) is 0 Å². The summed E-state index contributed by atoms with van der Waals surface area (Å²) in [6, 6.07) is 2.67. The number of carboxylic acid groups (broad SMARTS) is 1. The number of nitrogens with zero attached hydrogens (tertiary/aromatic N) is 5. The molecular weight excluding hydrogens is 704 g/mol. The number of fused-ring (bicyclic) bond motifs is 3. The Bertz CT molecular complexity index is 1840. The lowest BCUT2D eigenvalue weighted by atomic mass is 9.76. The summed E-state index contributed by atoms with van der Waals surface area (Å²) in [6.45, 7) is 13.8. The normalized spacial score (nSPS) is 22.0. The van der Waals surface area contributed by atoms with Gasteiger partial charge in [0.15, 0.2) is 5.82 Å². The Kier molecular flexibility index (Phi) is 15.4. The average Bonchev–Trinajstić information content (AvgIpc) is 3.87. The zero-order valence-corrected chi connectivity index (χ0v) is 33.6. The lowest BCUT2D eigenvalue weighted by Gasteiger charge is -2.39. The fourth-order valence-corrected chi connectivity index (χ4v) is 8.67. The van der Waals surface area contributed by atoms with Gasteiger partial charge < -0.3 is 34.9 Å². The van der Waals surface area contributed by atoms with E-state index in [4.69, 9.17) is 39.1 Å². The number of aromatic nitrogens is 5. The third-order valence-corrected chi connectivity index (χ3v) is 11.4. The summed E-state index contributed by atoms with van der Waals surface area (Å²) in [4.78, 5) is 25.2. The number of hydrogen-bond donors (Lipinski definition) is 4. The molecule has 14 heteroatoms. The second-order valence-electron chi connectivity index (χ2n) is 14.8. The third-order valence-electron chi connectivity index (χ3n) is 11.4. The van der Waals surface area contributed by atoms with Crippen LogP contribution in [-0.4, -0.2) is 103 Å². The molecule has 6 heterocycles. The smallest absolute Gasteiger partial charge is 0.319 e. The molecule has 55 heavy (non-hydrogen) atoms. The van der Waals surface area contributed by atoms with Gasteiger partial charge in [0.1, 0.15) is 22.4 Å². The molecule has 3 atom stereocenters. The summed E-state index contributed by atoms with van der Waals surface area (Å²) >= 11 is 0. The molecule has 4 N–H and O–H groups in total. The highest BCUT2D eigenvalue weighted by Crippen LogP contribution is 2.45. The lowest BCUT2D eigenvalue weighted by Crippen LogP contribution is -2.49. The fourth-order valence-electron chi connectivity index (χ4n) is 8.67. The van der Waals surface area contributed by atoms with Crippen LogP contribution in [0.5, 0.6) is 11.9 Å². The first-order valence-electron chi connectivity index (χ1n) is 20.1. The van der Waals surface area contributed by atoms with Crippen molar-refractivity contribution >= 4 is 34.1 Å². The standard InChI is InChI=1S/C33H43FN8O2.C5H10O.C2H6.CH2O2/c1-19-14-23-22(16-37-41-23)25(20(19)2)28-27(34)29-26(31(38-28)43-4)30(42-13-6-8-21(17-42)15-35-3)40-32(39-29)44-18-33-10-5-9-24(33)36-12-7-11-33;1-2-4-6-5-3-1;1-2;2-1-3/h14,16,21,24,35-36H,5-13,15,17-18H2,1-4H3,(H,37,41);1-5H2;1-2H3;1H,(H,2,3). The van der Waals surface area contributed by atoms with Gasteiger partial charge in [0, 0.05) is 48.7 Å². The molecule has 4 fully saturated rings. The summed E-state index contributed by atoms with van der Waals surface area (Å²) in [6.07, 6.45) is 13.5. The van der Waals surface area contributed by atoms with Gasteiger partial charge in [0.05, 0.1) is 25.4 Å². The van der Waals surface area contributed by atoms with E-state index in [1.54, 1.807) is 13.3 Å². The zero-order valence-electron chi connectivity index (χ0n) is 33.6. The first kappa shape index (κ1) is 42.0. The van der Waals surface area contributed by atoms with E-state index >= 15 is 4.39 Å². The zero-order chi connectivity index (χ0) is 39.4. The SMILES string of the molecule is C1CCOCC1.CC.CNCC1CCCN(c2nc(OCC34CCCNC3CCC4)nc3c(F)c(-c4c(C)c(C)cc5[nH]ncc45)nc(OC)c23)C1.O=CO. The van der Waals surface area contributed by atoms with Crippen LogP contribution in [0.1, 0.15) is 89.2 Å². The number of nitrogens with one attached hydrogen (secondary N) is 3. The number of pyridine rings is 1. The summed E-state index contributed by atoms with van der Waals surface area (Å²) < 4.78 is 34.5. The minimum atomic E-state index is -0.509. The van der Waals surface area contributed by atoms with Gasteiger partial charge in [-0.25, -0.2) is 9.37 Å². The minimum absolute atomic E-state index is 0.0605. The van der Waals surface area contributed by atoms with E-state index in [2.05, 4.69) is 25.7 Å². The van der Waals surface area contributed by atoms with Crippen LogP contribution in [0.15, 0.2) is 12.3 Å². The van der Waals surface area contributed by atoms with E-state index < -0.39 is 5.82 Å². The van der Waals surface area contributed by atoms with Crippen LogP contribution in [0.2, 0.25) is 0 Å². The highest BCUT2D eigenvalue weighted by Gasteiger charge is 2.45. The topological polar surface area (TPSA) is 160 Å². The fraction of sp³-hybridized carbons (Fsp3) is 0.634. The van der Waals surface area contributed by atoms with Crippen LogP contribution in [0, 0.1) is 31.0 Å². The number of carbonyl (C=O) groups is 1. The molecule has 0 spiro atoms. The van der Waals surface area contributed by atoms with Crippen molar-refractivity contribution in [1.82, 2.24) is 35.8 Å². The molecule has 1 aliphatic carbocycles. The van der Waals surface area contributed by atoms with Gasteiger partial charge in [-0.05, 0) is 115 Å². The molecule has 0 amide bonds. The monoisotopic (exact) mass is 764 g/mol. The van der Waals surface area contributed by atoms with Crippen LogP contribution >= 0.6 is 0 Å². The number of aryl methyl sites for hydroxylation is 1. The van der Waals surface area contributed by atoms with Gasteiger partial charge in [0.25, 0.3) is 6.47 Å². The molecular formula is C41H61FN8O5. The van der Waals surface area contributed by atoms with Crippen molar-refractivity contribution in [3.8, 4) is 23.1 Å². The van der Waals surface area contributed by atoms with Crippen LogP contribution in [-0.2, 0) is 9.53 Å². The lowest BCUT2D eigenvalue weighted by molar-refractivity contribution is -0.122. The Labute approximate surface area is 324 Å². The highest BCUT2D eigenvalue weighted by atomic mass is 19.1. The molecule has 302 valence electrons. The maximum Gasteiger partial charge on any atom is 0.319 e. The van der Waals surface area contributed by atoms with E-state index in [0.717, 1.165) is 99.9 Å². The van der Waals surface area contributed by atoms with Gasteiger partial charge in [-0.15, -0.1) is 0 Å². The number of benzene rings is 1. The third kappa shape index (κ3) is 9.46. The number of ether oxygens (including phenoxy) is 3. The van der Waals surface area contributed by atoms with Crippen molar-refractivity contribution < 1.29 is 28.5 Å². The Balaban J connectivity index is 0.000000465. The minimum Gasteiger partial charge on any atom is -0.483 e. The molecule has 3 saturated heterocycles. The van der Waals surface area contributed by atoms with E-state index in [1.807, 2.05) is 40.8 Å². The summed E-state index contributed by atoms with van der Waals surface area (Å²) in [5.74, 6) is 0.863. The number of piperidine rings is 2. The van der Waals surface area contributed by atoms with Gasteiger partial charge >= 0.3 is 6.01 Å². The molecule has 1 saturated carbocycles. The van der Waals surface area contributed by atoms with E-state index in [-0.39, 0.29) is 29.1 Å². The van der Waals surface area contributed by atoms with Crippen LogP contribution < -0.4 is 25.0 Å². The Morgan fingerprint density at radius 1 is 1.09 bits per heavy atom. The summed E-state index contributed by atoms with van der Waals surface area (Å²) in [5, 5.41) is 22.5. The maximum atomic E-state index is 17.0. The molecule has 3 unspecified atom stereocenters.